The van der Waals surface area contributed by atoms with E-state index in [9.17, 15) is 5.11 Å². The lowest BCUT2D eigenvalue weighted by molar-refractivity contribution is -0.112. The summed E-state index contributed by atoms with van der Waals surface area (Å²) in [6, 6.07) is 0. The van der Waals surface area contributed by atoms with Gasteiger partial charge in [-0.25, -0.2) is 0 Å². The minimum absolute atomic E-state index is 0.0598. The van der Waals surface area contributed by atoms with Crippen LogP contribution in [0.4, 0.5) is 0 Å². The third kappa shape index (κ3) is 2.97. The lowest BCUT2D eigenvalue weighted by atomic mass is 9.45. The summed E-state index contributed by atoms with van der Waals surface area (Å²) in [5.74, 6) is 3.22. The molecule has 0 aliphatic heterocycles. The molecule has 0 heterocycles. The summed E-state index contributed by atoms with van der Waals surface area (Å²) in [5.41, 5.74) is 5.05. The number of hydrogen-bond donors (Lipinski definition) is 2. The van der Waals surface area contributed by atoms with Crippen molar-refractivity contribution in [3.8, 4) is 0 Å². The molecule has 0 aromatic rings. The topological polar surface area (TPSA) is 44.6 Å². The van der Waals surface area contributed by atoms with E-state index in [1.165, 1.54) is 44.2 Å². The summed E-state index contributed by atoms with van der Waals surface area (Å²) in [7, 11) is 0. The maximum atomic E-state index is 10.6. The van der Waals surface area contributed by atoms with Crippen molar-refractivity contribution in [3.63, 3.8) is 0 Å². The zero-order valence-electron chi connectivity index (χ0n) is 16.5. The number of aliphatic hydroxyl groups excluding tert-OH is 1. The minimum Gasteiger partial charge on any atom is -0.393 e. The fourth-order valence-corrected chi connectivity index (χ4v) is 7.49. The number of thioether (sulfide) groups is 1. The normalized spacial score (nSPS) is 49.2. The van der Waals surface area contributed by atoms with Crippen LogP contribution >= 0.6 is 24.0 Å². The summed E-state index contributed by atoms with van der Waals surface area (Å²) in [6.07, 6.45) is 13.0. The van der Waals surface area contributed by atoms with Crippen molar-refractivity contribution in [2.45, 2.75) is 77.7 Å². The van der Waals surface area contributed by atoms with Gasteiger partial charge in [-0.1, -0.05) is 37.8 Å². The predicted octanol–water partition coefficient (Wildman–Crippen LogP) is 4.98. The molecular weight excluding hydrogens is 360 g/mol. The highest BCUT2D eigenvalue weighted by Gasteiger charge is 2.59. The second-order valence-corrected chi connectivity index (χ2v) is 11.3. The lowest BCUT2D eigenvalue weighted by Gasteiger charge is -2.60. The minimum atomic E-state index is -0.0598. The predicted molar refractivity (Wildman–Crippen MR) is 114 cm³/mol. The number of rotatable bonds is 1. The molecule has 0 saturated heterocycles. The van der Waals surface area contributed by atoms with Crippen LogP contribution in [0.2, 0.25) is 0 Å². The molecule has 0 spiro atoms. The Morgan fingerprint density at radius 3 is 2.65 bits per heavy atom. The van der Waals surface area contributed by atoms with Crippen molar-refractivity contribution in [2.75, 3.05) is 6.26 Å². The fraction of sp³-hybridized carbons (Fsp3) is 0.905. The van der Waals surface area contributed by atoms with Crippen molar-refractivity contribution < 1.29 is 5.11 Å². The third-order valence-corrected chi connectivity index (χ3v) is 9.99. The fourth-order valence-electron chi connectivity index (χ4n) is 7.30. The Hall–Kier alpha value is -0.130. The van der Waals surface area contributed by atoms with Crippen molar-refractivity contribution in [1.29, 1.82) is 0 Å². The van der Waals surface area contributed by atoms with E-state index in [-0.39, 0.29) is 11.5 Å². The van der Waals surface area contributed by atoms with E-state index >= 15 is 0 Å². The van der Waals surface area contributed by atoms with Crippen LogP contribution in [-0.2, 0) is 0 Å². The number of fused-ring (bicyclic) bond motifs is 5. The van der Waals surface area contributed by atoms with Gasteiger partial charge in [0, 0.05) is 5.71 Å². The largest absolute Gasteiger partial charge is 0.393 e. The van der Waals surface area contributed by atoms with E-state index in [0.29, 0.717) is 5.41 Å². The van der Waals surface area contributed by atoms with Gasteiger partial charge in [0.15, 0.2) is 4.32 Å². The van der Waals surface area contributed by atoms with Gasteiger partial charge < -0.3 is 5.11 Å². The molecule has 26 heavy (non-hydrogen) atoms. The van der Waals surface area contributed by atoms with Crippen molar-refractivity contribution in [2.24, 2.45) is 39.6 Å². The molecule has 0 radical (unpaired) electrons. The molecule has 0 bridgehead atoms. The van der Waals surface area contributed by atoms with Crippen LogP contribution in [0.25, 0.3) is 0 Å². The van der Waals surface area contributed by atoms with Crippen LogP contribution in [-0.4, -0.2) is 27.5 Å². The van der Waals surface area contributed by atoms with Gasteiger partial charge >= 0.3 is 0 Å². The number of hydrogen-bond acceptors (Lipinski definition) is 4. The first-order chi connectivity index (χ1) is 12.4. The van der Waals surface area contributed by atoms with E-state index < -0.39 is 0 Å². The van der Waals surface area contributed by atoms with Gasteiger partial charge in [-0.3, -0.25) is 5.43 Å². The molecule has 4 aliphatic carbocycles. The van der Waals surface area contributed by atoms with Crippen molar-refractivity contribution in [3.05, 3.63) is 0 Å². The number of aliphatic hydroxyl groups is 1. The Bertz CT molecular complexity index is 609. The Morgan fingerprint density at radius 2 is 1.88 bits per heavy atom. The summed E-state index contributed by atoms with van der Waals surface area (Å²) in [6.45, 7) is 4.96. The number of hydrazone groups is 1. The highest BCUT2D eigenvalue weighted by molar-refractivity contribution is 8.22. The van der Waals surface area contributed by atoms with Crippen LogP contribution in [0.15, 0.2) is 5.10 Å². The first-order valence-corrected chi connectivity index (χ1v) is 12.1. The molecule has 7 atom stereocenters. The molecule has 4 aliphatic rings. The Labute approximate surface area is 168 Å². The zero-order chi connectivity index (χ0) is 18.5. The van der Waals surface area contributed by atoms with Gasteiger partial charge in [0.2, 0.25) is 0 Å². The zero-order valence-corrected chi connectivity index (χ0v) is 18.1. The molecule has 4 fully saturated rings. The highest BCUT2D eigenvalue weighted by Crippen LogP contribution is 2.65. The summed E-state index contributed by atoms with van der Waals surface area (Å²) in [5, 5.41) is 15.2. The first-order valence-electron chi connectivity index (χ1n) is 10.5. The molecule has 0 amide bonds. The summed E-state index contributed by atoms with van der Waals surface area (Å²) < 4.78 is 0.765. The quantitative estimate of drug-likeness (QED) is 0.486. The van der Waals surface area contributed by atoms with E-state index in [1.54, 1.807) is 11.8 Å². The van der Waals surface area contributed by atoms with Gasteiger partial charge in [-0.15, -0.1) is 0 Å². The second kappa shape index (κ2) is 7.04. The summed E-state index contributed by atoms with van der Waals surface area (Å²) in [4.78, 5) is 0. The van der Waals surface area contributed by atoms with Crippen molar-refractivity contribution in [1.82, 2.24) is 5.43 Å². The SMILES string of the molecule is CSC(=S)N/N=C1\CC[C@@]2(C)C(CCC3C2CC[C@]2(C)C(O)CCC32)C1. The Balaban J connectivity index is 1.50. The molecule has 0 aromatic heterocycles. The van der Waals surface area contributed by atoms with Crippen LogP contribution in [0.1, 0.15) is 71.6 Å². The van der Waals surface area contributed by atoms with Gasteiger partial charge in [0.1, 0.15) is 0 Å². The number of nitrogens with one attached hydrogen (secondary N) is 1. The monoisotopic (exact) mass is 394 g/mol. The maximum Gasteiger partial charge on any atom is 0.153 e. The molecule has 4 saturated carbocycles. The molecule has 5 unspecified atom stereocenters. The first kappa shape index (κ1) is 19.2. The van der Waals surface area contributed by atoms with E-state index in [2.05, 4.69) is 24.4 Å². The van der Waals surface area contributed by atoms with E-state index in [0.717, 1.165) is 47.3 Å². The van der Waals surface area contributed by atoms with Gasteiger partial charge in [-0.2, -0.15) is 5.10 Å². The van der Waals surface area contributed by atoms with Gasteiger partial charge in [-0.05, 0) is 98.5 Å². The van der Waals surface area contributed by atoms with Crippen LogP contribution in [0.3, 0.4) is 0 Å². The van der Waals surface area contributed by atoms with Gasteiger partial charge in [0.25, 0.3) is 0 Å². The molecule has 4 rings (SSSR count). The molecule has 3 nitrogen and oxygen atoms in total. The Morgan fingerprint density at radius 1 is 1.12 bits per heavy atom. The molecule has 2 N–H and O–H groups in total. The van der Waals surface area contributed by atoms with Crippen LogP contribution in [0.5, 0.6) is 0 Å². The number of thiocarbonyl (C=S) groups is 1. The smallest absolute Gasteiger partial charge is 0.153 e. The molecular formula is C21H34N2OS2. The Kier molecular flexibility index (Phi) is 5.20. The van der Waals surface area contributed by atoms with Gasteiger partial charge in [0.05, 0.1) is 6.10 Å². The molecule has 0 aromatic carbocycles. The maximum absolute atomic E-state index is 10.6. The van der Waals surface area contributed by atoms with Crippen LogP contribution in [0, 0.1) is 34.5 Å². The van der Waals surface area contributed by atoms with E-state index in [1.807, 2.05) is 6.26 Å². The average molecular weight is 395 g/mol. The second-order valence-electron chi connectivity index (χ2n) is 9.78. The lowest BCUT2D eigenvalue weighted by Crippen LogP contribution is -2.54. The highest BCUT2D eigenvalue weighted by atomic mass is 32.2. The summed E-state index contributed by atoms with van der Waals surface area (Å²) >= 11 is 6.78. The molecule has 146 valence electrons. The average Bonchev–Trinajstić information content (AvgIpc) is 2.94. The third-order valence-electron chi connectivity index (χ3n) is 8.94. The van der Waals surface area contributed by atoms with Crippen LogP contribution < -0.4 is 5.43 Å². The number of nitrogens with zero attached hydrogens (tertiary/aromatic N) is 1. The van der Waals surface area contributed by atoms with Crippen molar-refractivity contribution >= 4 is 34.0 Å². The van der Waals surface area contributed by atoms with E-state index in [4.69, 9.17) is 12.2 Å². The standard InChI is InChI=1S/C21H34N2OS2/c1-20-10-8-14(22-23-19(25)26-3)12-13(20)4-5-15-16-6-7-18(24)21(16,2)11-9-17(15)20/h13,15-18,24H,4-12H2,1-3H3,(H,23,25)/b22-14+/t13?,15?,16?,17?,18?,20-,21-/m0/s1. The molecule has 5 heteroatoms.